The highest BCUT2D eigenvalue weighted by molar-refractivity contribution is 7.99. The fourth-order valence-corrected chi connectivity index (χ4v) is 5.90. The lowest BCUT2D eigenvalue weighted by molar-refractivity contribution is -0.119. The van der Waals surface area contributed by atoms with Gasteiger partial charge >= 0.3 is 0 Å². The highest BCUT2D eigenvalue weighted by Gasteiger charge is 2.23. The molecule has 0 spiro atoms. The quantitative estimate of drug-likeness (QED) is 0.350. The Kier molecular flexibility index (Phi) is 8.36. The summed E-state index contributed by atoms with van der Waals surface area (Å²) < 4.78 is 7.16. The normalized spacial score (nSPS) is 19.3. The number of rotatable bonds is 9. The fraction of sp³-hybridized carbons (Fsp3) is 0.682. The average Bonchev–Trinajstić information content (AvgIpc) is 3.00. The SMILES string of the molecule is CCOCCCn1c(SCC(=O)N[C@H]2CCCC[C@@H]2C)nc2sc(C)c(C)c2c1=O. The van der Waals surface area contributed by atoms with Crippen molar-refractivity contribution in [3.05, 3.63) is 20.8 Å². The zero-order valence-corrected chi connectivity index (χ0v) is 20.1. The van der Waals surface area contributed by atoms with Crippen LogP contribution in [0, 0.1) is 19.8 Å². The molecule has 0 aliphatic heterocycles. The van der Waals surface area contributed by atoms with Crippen molar-refractivity contribution in [1.82, 2.24) is 14.9 Å². The third-order valence-electron chi connectivity index (χ3n) is 5.92. The van der Waals surface area contributed by atoms with Crippen LogP contribution in [-0.2, 0) is 16.1 Å². The minimum absolute atomic E-state index is 0.0119. The lowest BCUT2D eigenvalue weighted by Crippen LogP contribution is -2.42. The Labute approximate surface area is 186 Å². The van der Waals surface area contributed by atoms with Gasteiger partial charge in [-0.1, -0.05) is 31.5 Å². The third kappa shape index (κ3) is 5.45. The van der Waals surface area contributed by atoms with Gasteiger partial charge in [-0.25, -0.2) is 4.98 Å². The fourth-order valence-electron chi connectivity index (χ4n) is 3.99. The van der Waals surface area contributed by atoms with E-state index in [2.05, 4.69) is 12.2 Å². The first-order valence-corrected chi connectivity index (χ1v) is 12.7. The molecule has 2 atom stereocenters. The summed E-state index contributed by atoms with van der Waals surface area (Å²) in [5, 5.41) is 4.52. The van der Waals surface area contributed by atoms with Crippen molar-refractivity contribution >= 4 is 39.2 Å². The van der Waals surface area contributed by atoms with Crippen LogP contribution in [0.25, 0.3) is 10.2 Å². The molecular weight excluding hydrogens is 418 g/mol. The lowest BCUT2D eigenvalue weighted by atomic mass is 9.86. The molecule has 1 fully saturated rings. The Balaban J connectivity index is 1.77. The molecule has 0 saturated heterocycles. The van der Waals surface area contributed by atoms with E-state index in [1.807, 2.05) is 20.8 Å². The number of thiophene rings is 1. The molecule has 1 amide bonds. The summed E-state index contributed by atoms with van der Waals surface area (Å²) in [6, 6.07) is 0.262. The molecule has 2 aromatic rings. The van der Waals surface area contributed by atoms with Crippen molar-refractivity contribution < 1.29 is 9.53 Å². The first kappa shape index (κ1) is 23.3. The van der Waals surface area contributed by atoms with Gasteiger partial charge in [0.05, 0.1) is 11.1 Å². The van der Waals surface area contributed by atoms with Gasteiger partial charge in [0.25, 0.3) is 5.56 Å². The number of thioether (sulfide) groups is 1. The first-order valence-electron chi connectivity index (χ1n) is 10.9. The molecule has 0 unspecified atom stereocenters. The zero-order valence-electron chi connectivity index (χ0n) is 18.5. The van der Waals surface area contributed by atoms with Crippen LogP contribution in [-0.4, -0.2) is 40.5 Å². The van der Waals surface area contributed by atoms with Gasteiger partial charge in [-0.05, 0) is 51.5 Å². The molecule has 0 radical (unpaired) electrons. The number of amides is 1. The molecule has 0 aromatic carbocycles. The van der Waals surface area contributed by atoms with E-state index in [9.17, 15) is 9.59 Å². The van der Waals surface area contributed by atoms with Gasteiger partial charge in [-0.2, -0.15) is 0 Å². The first-order chi connectivity index (χ1) is 14.4. The number of ether oxygens (including phenoxy) is 1. The van der Waals surface area contributed by atoms with Crippen LogP contribution in [0.3, 0.4) is 0 Å². The van der Waals surface area contributed by atoms with Crippen LogP contribution in [0.5, 0.6) is 0 Å². The largest absolute Gasteiger partial charge is 0.382 e. The Morgan fingerprint density at radius 2 is 2.10 bits per heavy atom. The van der Waals surface area contributed by atoms with Crippen molar-refractivity contribution in [1.29, 1.82) is 0 Å². The van der Waals surface area contributed by atoms with E-state index in [-0.39, 0.29) is 23.3 Å². The van der Waals surface area contributed by atoms with E-state index in [0.717, 1.165) is 28.1 Å². The number of nitrogens with zero attached hydrogens (tertiary/aromatic N) is 2. The number of fused-ring (bicyclic) bond motifs is 1. The third-order valence-corrected chi connectivity index (χ3v) is 8.00. The molecule has 6 nitrogen and oxygen atoms in total. The van der Waals surface area contributed by atoms with Crippen molar-refractivity contribution in [2.24, 2.45) is 5.92 Å². The Bertz CT molecular complexity index is 938. The zero-order chi connectivity index (χ0) is 21.7. The van der Waals surface area contributed by atoms with Gasteiger partial charge in [0.1, 0.15) is 4.83 Å². The summed E-state index contributed by atoms with van der Waals surface area (Å²) in [7, 11) is 0. The second-order valence-electron chi connectivity index (χ2n) is 8.09. The average molecular weight is 452 g/mol. The van der Waals surface area contributed by atoms with Crippen molar-refractivity contribution in [2.75, 3.05) is 19.0 Å². The number of carbonyl (C=O) groups is 1. The summed E-state index contributed by atoms with van der Waals surface area (Å²) in [6.07, 6.45) is 5.39. The van der Waals surface area contributed by atoms with Gasteiger partial charge in [0.15, 0.2) is 5.16 Å². The lowest BCUT2D eigenvalue weighted by Gasteiger charge is -2.29. The maximum atomic E-state index is 13.2. The van der Waals surface area contributed by atoms with E-state index >= 15 is 0 Å². The van der Waals surface area contributed by atoms with Crippen LogP contribution in [0.2, 0.25) is 0 Å². The molecule has 1 aliphatic carbocycles. The van der Waals surface area contributed by atoms with E-state index in [1.54, 1.807) is 15.9 Å². The summed E-state index contributed by atoms with van der Waals surface area (Å²) in [6.45, 7) is 9.98. The van der Waals surface area contributed by atoms with Crippen molar-refractivity contribution in [3.8, 4) is 0 Å². The standard InChI is InChI=1S/C22H33N3O3S2/c1-5-28-12-8-11-25-21(27)19-15(3)16(4)30-20(19)24-22(25)29-13-18(26)23-17-10-7-6-9-14(17)2/h14,17H,5-13H2,1-4H3,(H,23,26)/t14-,17-/m0/s1. The molecule has 1 aliphatic rings. The second kappa shape index (κ2) is 10.8. The minimum Gasteiger partial charge on any atom is -0.382 e. The van der Waals surface area contributed by atoms with Crippen molar-refractivity contribution in [3.63, 3.8) is 0 Å². The highest BCUT2D eigenvalue weighted by Crippen LogP contribution is 2.29. The van der Waals surface area contributed by atoms with E-state index in [0.29, 0.717) is 36.2 Å². The maximum Gasteiger partial charge on any atom is 0.263 e. The molecule has 3 rings (SSSR count). The molecule has 0 bridgehead atoms. The Morgan fingerprint density at radius 3 is 2.83 bits per heavy atom. The van der Waals surface area contributed by atoms with Gasteiger partial charge in [0.2, 0.25) is 5.91 Å². The minimum atomic E-state index is -0.0119. The molecule has 30 heavy (non-hydrogen) atoms. The molecule has 2 aromatic heterocycles. The van der Waals surface area contributed by atoms with Gasteiger partial charge in [-0.3, -0.25) is 14.2 Å². The second-order valence-corrected chi connectivity index (χ2v) is 10.2. The maximum absolute atomic E-state index is 13.2. The number of hydrogen-bond acceptors (Lipinski definition) is 6. The number of aromatic nitrogens is 2. The van der Waals surface area contributed by atoms with Crippen LogP contribution in [0.1, 0.15) is 56.4 Å². The summed E-state index contributed by atoms with van der Waals surface area (Å²) in [4.78, 5) is 32.5. The number of hydrogen-bond donors (Lipinski definition) is 1. The number of carbonyl (C=O) groups excluding carboxylic acids is 1. The van der Waals surface area contributed by atoms with Gasteiger partial charge < -0.3 is 10.1 Å². The Morgan fingerprint density at radius 1 is 1.33 bits per heavy atom. The van der Waals surface area contributed by atoms with Crippen LogP contribution < -0.4 is 10.9 Å². The van der Waals surface area contributed by atoms with Gasteiger partial charge in [0, 0.05) is 30.7 Å². The van der Waals surface area contributed by atoms with Crippen LogP contribution in [0.15, 0.2) is 9.95 Å². The molecule has 8 heteroatoms. The molecule has 166 valence electrons. The predicted octanol–water partition coefficient (Wildman–Crippen LogP) is 4.29. The molecule has 1 N–H and O–H groups in total. The van der Waals surface area contributed by atoms with E-state index in [4.69, 9.17) is 9.72 Å². The molecular formula is C22H33N3O3S2. The van der Waals surface area contributed by atoms with Crippen LogP contribution >= 0.6 is 23.1 Å². The van der Waals surface area contributed by atoms with E-state index < -0.39 is 0 Å². The smallest absolute Gasteiger partial charge is 0.263 e. The van der Waals surface area contributed by atoms with Gasteiger partial charge in [-0.15, -0.1) is 11.3 Å². The highest BCUT2D eigenvalue weighted by atomic mass is 32.2. The monoisotopic (exact) mass is 451 g/mol. The molecule has 2 heterocycles. The molecule has 1 saturated carbocycles. The number of nitrogens with one attached hydrogen (secondary N) is 1. The predicted molar refractivity (Wildman–Crippen MR) is 125 cm³/mol. The summed E-state index contributed by atoms with van der Waals surface area (Å²) in [5.41, 5.74) is 0.994. The van der Waals surface area contributed by atoms with Crippen molar-refractivity contribution in [2.45, 2.75) is 77.5 Å². The summed E-state index contributed by atoms with van der Waals surface area (Å²) in [5.74, 6) is 0.819. The summed E-state index contributed by atoms with van der Waals surface area (Å²) >= 11 is 2.91. The van der Waals surface area contributed by atoms with Crippen LogP contribution in [0.4, 0.5) is 0 Å². The number of aryl methyl sites for hydroxylation is 2. The van der Waals surface area contributed by atoms with E-state index in [1.165, 1.54) is 31.0 Å². The Hall–Kier alpha value is -1.38. The topological polar surface area (TPSA) is 73.2 Å².